The molecule has 0 saturated carbocycles. The number of rotatable bonds is 3. The zero-order chi connectivity index (χ0) is 16.6. The molecule has 5 nitrogen and oxygen atoms in total. The van der Waals surface area contributed by atoms with Crippen LogP contribution in [0, 0.1) is 15.9 Å². The minimum absolute atomic E-state index is 0.0211. The summed E-state index contributed by atoms with van der Waals surface area (Å²) >= 11 is 9.11. The average molecular weight is 388 g/mol. The smallest absolute Gasteiger partial charge is 0.282 e. The summed E-state index contributed by atoms with van der Waals surface area (Å²) in [6.07, 6.45) is 0. The van der Waals surface area contributed by atoms with Gasteiger partial charge in [-0.05, 0) is 39.7 Å². The van der Waals surface area contributed by atoms with Gasteiger partial charge in [0.1, 0.15) is 11.6 Å². The molecule has 0 fully saturated rings. The Balaban J connectivity index is 2.76. The number of phenolic OH excluding ortho intramolecular Hbond substituents is 1. The molecular weight excluding hydrogens is 379 g/mol. The summed E-state index contributed by atoms with van der Waals surface area (Å²) in [5.74, 6) is -1.01. The van der Waals surface area contributed by atoms with E-state index < -0.39 is 22.2 Å². The Morgan fingerprint density at radius 2 is 2.09 bits per heavy atom. The first kappa shape index (κ1) is 16.3. The standard InChI is InChI=1S/C14H9BrClFN2O3/c1-6(8-4-7(17)2-3-9(8)16)12-10(19(21)22)5-11(20)14(18)13(12)15/h2-5,20H,1,18H2. The summed E-state index contributed by atoms with van der Waals surface area (Å²) in [5.41, 5.74) is 5.47. The Morgan fingerprint density at radius 3 is 2.68 bits per heavy atom. The van der Waals surface area contributed by atoms with Crippen molar-refractivity contribution in [2.45, 2.75) is 0 Å². The summed E-state index contributed by atoms with van der Waals surface area (Å²) in [7, 11) is 0. The first-order valence-electron chi connectivity index (χ1n) is 5.84. The Morgan fingerprint density at radius 1 is 1.45 bits per heavy atom. The van der Waals surface area contributed by atoms with Crippen molar-refractivity contribution < 1.29 is 14.4 Å². The lowest BCUT2D eigenvalue weighted by atomic mass is 9.97. The van der Waals surface area contributed by atoms with Crippen molar-refractivity contribution in [1.29, 1.82) is 0 Å². The molecule has 0 amide bonds. The number of hydrogen-bond acceptors (Lipinski definition) is 4. The Hall–Kier alpha value is -2.12. The SMILES string of the molecule is C=C(c1cc(F)ccc1Cl)c1c([N+](=O)[O-])cc(O)c(N)c1Br. The van der Waals surface area contributed by atoms with Crippen LogP contribution in [-0.2, 0) is 0 Å². The highest BCUT2D eigenvalue weighted by Crippen LogP contribution is 2.44. The third-order valence-electron chi connectivity index (χ3n) is 3.01. The highest BCUT2D eigenvalue weighted by molar-refractivity contribution is 9.10. The molecule has 8 heteroatoms. The number of nitrogens with two attached hydrogens (primary N) is 1. The van der Waals surface area contributed by atoms with Gasteiger partial charge in [0.05, 0.1) is 26.7 Å². The van der Waals surface area contributed by atoms with Gasteiger partial charge in [0.15, 0.2) is 0 Å². The van der Waals surface area contributed by atoms with Gasteiger partial charge in [-0.1, -0.05) is 18.2 Å². The van der Waals surface area contributed by atoms with Gasteiger partial charge in [-0.3, -0.25) is 10.1 Å². The molecule has 0 aliphatic carbocycles. The van der Waals surface area contributed by atoms with Gasteiger partial charge in [-0.15, -0.1) is 0 Å². The van der Waals surface area contributed by atoms with Crippen molar-refractivity contribution in [3.63, 3.8) is 0 Å². The first-order chi connectivity index (χ1) is 10.2. The lowest BCUT2D eigenvalue weighted by molar-refractivity contribution is -0.385. The summed E-state index contributed by atoms with van der Waals surface area (Å²) in [4.78, 5) is 10.5. The van der Waals surface area contributed by atoms with Crippen molar-refractivity contribution >= 4 is 44.5 Å². The van der Waals surface area contributed by atoms with E-state index in [0.29, 0.717) is 0 Å². The molecule has 2 rings (SSSR count). The minimum atomic E-state index is -0.697. The van der Waals surface area contributed by atoms with Gasteiger partial charge < -0.3 is 10.8 Å². The highest BCUT2D eigenvalue weighted by Gasteiger charge is 2.25. The number of phenols is 1. The third kappa shape index (κ3) is 2.77. The van der Waals surface area contributed by atoms with Crippen LogP contribution >= 0.6 is 27.5 Å². The molecule has 0 aromatic heterocycles. The molecule has 2 aromatic rings. The molecule has 0 saturated heterocycles. The monoisotopic (exact) mass is 386 g/mol. The fourth-order valence-electron chi connectivity index (χ4n) is 1.93. The maximum absolute atomic E-state index is 13.4. The number of hydrogen-bond donors (Lipinski definition) is 2. The van der Waals surface area contributed by atoms with Crippen molar-refractivity contribution in [3.8, 4) is 5.75 Å². The molecule has 114 valence electrons. The van der Waals surface area contributed by atoms with Crippen LogP contribution in [0.5, 0.6) is 5.75 Å². The zero-order valence-electron chi connectivity index (χ0n) is 10.9. The van der Waals surface area contributed by atoms with Crippen molar-refractivity contribution in [3.05, 3.63) is 67.4 Å². The third-order valence-corrected chi connectivity index (χ3v) is 4.17. The van der Waals surface area contributed by atoms with E-state index in [1.807, 2.05) is 0 Å². The second-order valence-electron chi connectivity index (χ2n) is 4.38. The number of anilines is 1. The van der Waals surface area contributed by atoms with Crippen LogP contribution in [-0.4, -0.2) is 10.0 Å². The normalized spacial score (nSPS) is 10.5. The van der Waals surface area contributed by atoms with Crippen LogP contribution in [0.15, 0.2) is 35.3 Å². The number of halogens is 3. The molecule has 22 heavy (non-hydrogen) atoms. The molecule has 0 unspecified atom stereocenters. The van der Waals surface area contributed by atoms with E-state index in [9.17, 15) is 19.6 Å². The second kappa shape index (κ2) is 5.94. The zero-order valence-corrected chi connectivity index (χ0v) is 13.3. The number of nitro benzene ring substituents is 1. The minimum Gasteiger partial charge on any atom is -0.505 e. The van der Waals surface area contributed by atoms with Gasteiger partial charge >= 0.3 is 0 Å². The van der Waals surface area contributed by atoms with Crippen LogP contribution in [0.4, 0.5) is 15.8 Å². The summed E-state index contributed by atoms with van der Waals surface area (Å²) in [6.45, 7) is 3.75. The number of nitrogen functional groups attached to an aromatic ring is 1. The predicted octanol–water partition coefficient (Wildman–Crippen LogP) is 4.50. The van der Waals surface area contributed by atoms with Crippen molar-refractivity contribution in [2.75, 3.05) is 5.73 Å². The highest BCUT2D eigenvalue weighted by atomic mass is 79.9. The van der Waals surface area contributed by atoms with E-state index >= 15 is 0 Å². The van der Waals surface area contributed by atoms with Gasteiger partial charge in [-0.25, -0.2) is 4.39 Å². The largest absolute Gasteiger partial charge is 0.505 e. The molecule has 2 aromatic carbocycles. The number of aromatic hydroxyl groups is 1. The number of benzene rings is 2. The number of nitro groups is 1. The maximum Gasteiger partial charge on any atom is 0.282 e. The van der Waals surface area contributed by atoms with Crippen molar-refractivity contribution in [1.82, 2.24) is 0 Å². The quantitative estimate of drug-likeness (QED) is 0.351. The summed E-state index contributed by atoms with van der Waals surface area (Å²) in [5, 5.41) is 21.0. The molecular formula is C14H9BrClFN2O3. The topological polar surface area (TPSA) is 89.4 Å². The van der Waals surface area contributed by atoms with E-state index in [1.165, 1.54) is 6.07 Å². The Kier molecular flexibility index (Phi) is 4.39. The van der Waals surface area contributed by atoms with E-state index in [1.54, 1.807) is 0 Å². The summed E-state index contributed by atoms with van der Waals surface area (Å²) < 4.78 is 13.5. The van der Waals surface area contributed by atoms with Crippen LogP contribution in [0.3, 0.4) is 0 Å². The molecule has 0 aliphatic heterocycles. The maximum atomic E-state index is 13.4. The Labute approximate surface area is 138 Å². The van der Waals surface area contributed by atoms with Gasteiger partial charge in [0.2, 0.25) is 0 Å². The average Bonchev–Trinajstić information content (AvgIpc) is 2.46. The molecule has 0 heterocycles. The fraction of sp³-hybridized carbons (Fsp3) is 0. The van der Waals surface area contributed by atoms with E-state index in [4.69, 9.17) is 17.3 Å². The second-order valence-corrected chi connectivity index (χ2v) is 5.58. The first-order valence-corrected chi connectivity index (χ1v) is 7.01. The molecule has 0 spiro atoms. The van der Waals surface area contributed by atoms with E-state index in [2.05, 4.69) is 22.5 Å². The lowest BCUT2D eigenvalue weighted by Crippen LogP contribution is -2.01. The van der Waals surface area contributed by atoms with Crippen LogP contribution in [0.2, 0.25) is 5.02 Å². The van der Waals surface area contributed by atoms with Crippen LogP contribution in [0.25, 0.3) is 5.57 Å². The molecule has 0 bridgehead atoms. The lowest BCUT2D eigenvalue weighted by Gasteiger charge is -2.13. The molecule has 0 radical (unpaired) electrons. The molecule has 0 atom stereocenters. The van der Waals surface area contributed by atoms with Crippen molar-refractivity contribution in [2.24, 2.45) is 0 Å². The number of nitrogens with zero attached hydrogens (tertiary/aromatic N) is 1. The molecule has 0 aliphatic rings. The van der Waals surface area contributed by atoms with Crippen LogP contribution < -0.4 is 5.73 Å². The summed E-state index contributed by atoms with van der Waals surface area (Å²) in [6, 6.07) is 4.51. The van der Waals surface area contributed by atoms with Gasteiger partial charge in [0, 0.05) is 10.6 Å². The fourth-order valence-corrected chi connectivity index (χ4v) is 2.81. The van der Waals surface area contributed by atoms with E-state index in [0.717, 1.165) is 18.2 Å². The van der Waals surface area contributed by atoms with Gasteiger partial charge in [-0.2, -0.15) is 0 Å². The van der Waals surface area contributed by atoms with E-state index in [-0.39, 0.29) is 31.9 Å². The van der Waals surface area contributed by atoms with Crippen LogP contribution in [0.1, 0.15) is 11.1 Å². The van der Waals surface area contributed by atoms with Gasteiger partial charge in [0.25, 0.3) is 5.69 Å². The Bertz CT molecular complexity index is 811. The molecule has 3 N–H and O–H groups in total. The predicted molar refractivity (Wildman–Crippen MR) is 86.4 cm³/mol.